The first-order valence-electron chi connectivity index (χ1n) is 22.0. The molecule has 0 amide bonds. The van der Waals surface area contributed by atoms with Crippen molar-refractivity contribution in [2.45, 2.75) is 0 Å². The molecule has 0 saturated carbocycles. The second-order valence-corrected chi connectivity index (χ2v) is 21.6. The molecular formula is C60H40N2SSi. The third kappa shape index (κ3) is 5.43. The van der Waals surface area contributed by atoms with Crippen LogP contribution in [0.5, 0.6) is 0 Å². The van der Waals surface area contributed by atoms with Gasteiger partial charge in [-0.2, -0.15) is 0 Å². The number of fused-ring (bicyclic) bond motifs is 9. The quantitative estimate of drug-likeness (QED) is 0.112. The van der Waals surface area contributed by atoms with Crippen LogP contribution in [0.3, 0.4) is 0 Å². The average molecular weight is 849 g/mol. The van der Waals surface area contributed by atoms with Crippen LogP contribution in [0.1, 0.15) is 0 Å². The van der Waals surface area contributed by atoms with E-state index in [1.807, 2.05) is 11.3 Å². The first-order valence-corrected chi connectivity index (χ1v) is 24.8. The molecule has 0 aliphatic heterocycles. The predicted molar refractivity (Wildman–Crippen MR) is 277 cm³/mol. The molecule has 4 heteroatoms. The fourth-order valence-corrected chi connectivity index (χ4v) is 16.9. The molecular weight excluding hydrogens is 809 g/mol. The zero-order chi connectivity index (χ0) is 42.2. The Labute approximate surface area is 376 Å². The Morgan fingerprint density at radius 2 is 0.875 bits per heavy atom. The summed E-state index contributed by atoms with van der Waals surface area (Å²) in [4.78, 5) is 0. The Morgan fingerprint density at radius 3 is 1.61 bits per heavy atom. The molecule has 13 aromatic rings. The third-order valence-electron chi connectivity index (χ3n) is 13.5. The summed E-state index contributed by atoms with van der Waals surface area (Å²) < 4.78 is 7.67. The Hall–Kier alpha value is -7.76. The largest absolute Gasteiger partial charge is 0.307 e. The summed E-state index contributed by atoms with van der Waals surface area (Å²) in [7, 11) is -3.04. The highest BCUT2D eigenvalue weighted by atomic mass is 32.1. The van der Waals surface area contributed by atoms with Gasteiger partial charge in [-0.1, -0.05) is 194 Å². The van der Waals surface area contributed by atoms with Crippen molar-refractivity contribution < 1.29 is 0 Å². The number of para-hydroxylation sites is 3. The fourth-order valence-electron chi connectivity index (χ4n) is 10.8. The number of hydrogen-bond donors (Lipinski definition) is 0. The van der Waals surface area contributed by atoms with Crippen molar-refractivity contribution in [1.82, 2.24) is 9.13 Å². The maximum absolute atomic E-state index is 3.04. The van der Waals surface area contributed by atoms with E-state index in [-0.39, 0.29) is 0 Å². The van der Waals surface area contributed by atoms with E-state index in [1.54, 1.807) is 0 Å². The lowest BCUT2D eigenvalue weighted by molar-refractivity contribution is 1.13. The smallest absolute Gasteiger partial charge is 0.180 e. The highest BCUT2D eigenvalue weighted by Crippen LogP contribution is 2.40. The Morgan fingerprint density at radius 1 is 0.328 bits per heavy atom. The van der Waals surface area contributed by atoms with Gasteiger partial charge in [0.25, 0.3) is 0 Å². The number of benzene rings is 10. The fraction of sp³-hybridized carbons (Fsp3) is 0. The minimum absolute atomic E-state index is 1.13. The molecule has 0 unspecified atom stereocenters. The number of hydrogen-bond acceptors (Lipinski definition) is 1. The molecule has 0 N–H and O–H groups in total. The Balaban J connectivity index is 1.14. The number of nitrogens with zero attached hydrogens (tertiary/aromatic N) is 2. The lowest BCUT2D eigenvalue weighted by Gasteiger charge is -2.35. The van der Waals surface area contributed by atoms with Crippen LogP contribution in [0.15, 0.2) is 243 Å². The second kappa shape index (κ2) is 14.7. The highest BCUT2D eigenvalue weighted by Gasteiger charge is 2.43. The first-order chi connectivity index (χ1) is 31.8. The molecule has 0 fully saturated rings. The van der Waals surface area contributed by atoms with Gasteiger partial charge in [-0.05, 0) is 80.4 Å². The van der Waals surface area contributed by atoms with Crippen LogP contribution >= 0.6 is 11.3 Å². The average Bonchev–Trinajstić information content (AvgIpc) is 4.03. The highest BCUT2D eigenvalue weighted by molar-refractivity contribution is 7.26. The summed E-state index contributed by atoms with van der Waals surface area (Å²) in [6.45, 7) is 0. The van der Waals surface area contributed by atoms with Crippen molar-refractivity contribution in [3.8, 4) is 22.5 Å². The molecule has 64 heavy (non-hydrogen) atoms. The van der Waals surface area contributed by atoms with Crippen LogP contribution in [0.4, 0.5) is 0 Å². The van der Waals surface area contributed by atoms with E-state index in [0.29, 0.717) is 0 Å². The van der Waals surface area contributed by atoms with E-state index in [1.165, 1.54) is 95.7 Å². The number of thiophene rings is 1. The van der Waals surface area contributed by atoms with Gasteiger partial charge in [0.15, 0.2) is 8.07 Å². The maximum Gasteiger partial charge on any atom is 0.180 e. The molecule has 0 bridgehead atoms. The van der Waals surface area contributed by atoms with Crippen molar-refractivity contribution in [3.63, 3.8) is 0 Å². The van der Waals surface area contributed by atoms with Crippen molar-refractivity contribution in [2.75, 3.05) is 0 Å². The summed E-state index contributed by atoms with van der Waals surface area (Å²) in [6, 6.07) is 90.7. The Kier molecular flexibility index (Phi) is 8.45. The van der Waals surface area contributed by atoms with Crippen molar-refractivity contribution in [1.29, 1.82) is 0 Å². The molecule has 3 heterocycles. The third-order valence-corrected chi connectivity index (χ3v) is 19.4. The van der Waals surface area contributed by atoms with Gasteiger partial charge < -0.3 is 9.13 Å². The van der Waals surface area contributed by atoms with Crippen LogP contribution in [-0.2, 0) is 0 Å². The van der Waals surface area contributed by atoms with Gasteiger partial charge in [0, 0.05) is 47.4 Å². The minimum Gasteiger partial charge on any atom is -0.307 e. The molecule has 0 radical (unpaired) electrons. The van der Waals surface area contributed by atoms with Crippen LogP contribution in [0, 0.1) is 0 Å². The molecule has 3 aromatic heterocycles. The van der Waals surface area contributed by atoms with Crippen LogP contribution in [-0.4, -0.2) is 17.2 Å². The van der Waals surface area contributed by atoms with E-state index in [4.69, 9.17) is 0 Å². The van der Waals surface area contributed by atoms with Gasteiger partial charge in [0.05, 0.1) is 27.8 Å². The molecule has 0 aliphatic carbocycles. The van der Waals surface area contributed by atoms with Crippen molar-refractivity contribution in [2.24, 2.45) is 0 Å². The SMILES string of the molecule is c1ccc(-c2ccc(-n3c4ccccc4c4cccc(-n5c6ccccc6c6c([Si](c7ccccc7)(c7ccccc7)c7ccc8sc9ccccc9c8c7)cccc65)c43)cc2)cc1. The molecule has 0 saturated heterocycles. The van der Waals surface area contributed by atoms with Gasteiger partial charge in [-0.3, -0.25) is 0 Å². The number of rotatable bonds is 7. The van der Waals surface area contributed by atoms with E-state index in [0.717, 1.165) is 11.4 Å². The molecule has 2 nitrogen and oxygen atoms in total. The first kappa shape index (κ1) is 36.9. The zero-order valence-corrected chi connectivity index (χ0v) is 36.7. The normalized spacial score (nSPS) is 12.1. The molecule has 0 spiro atoms. The Bertz CT molecular complexity index is 3840. The maximum atomic E-state index is 2.55. The van der Waals surface area contributed by atoms with Crippen LogP contribution in [0.25, 0.3) is 86.3 Å². The zero-order valence-electron chi connectivity index (χ0n) is 34.9. The second-order valence-electron chi connectivity index (χ2n) is 16.8. The summed E-state index contributed by atoms with van der Waals surface area (Å²) in [5.41, 5.74) is 9.48. The molecule has 10 aromatic carbocycles. The van der Waals surface area contributed by atoms with Crippen molar-refractivity contribution >= 4 is 104 Å². The molecule has 0 atom stereocenters. The lowest BCUT2D eigenvalue weighted by atomic mass is 10.1. The lowest BCUT2D eigenvalue weighted by Crippen LogP contribution is -2.74. The predicted octanol–water partition coefficient (Wildman–Crippen LogP) is 13.3. The van der Waals surface area contributed by atoms with Crippen LogP contribution < -0.4 is 20.7 Å². The van der Waals surface area contributed by atoms with E-state index >= 15 is 0 Å². The van der Waals surface area contributed by atoms with Gasteiger partial charge >= 0.3 is 0 Å². The molecule has 0 aliphatic rings. The molecule has 13 rings (SSSR count). The van der Waals surface area contributed by atoms with Gasteiger partial charge in [0.1, 0.15) is 0 Å². The summed E-state index contributed by atoms with van der Waals surface area (Å²) >= 11 is 1.89. The van der Waals surface area contributed by atoms with Gasteiger partial charge in [-0.15, -0.1) is 11.3 Å². The monoisotopic (exact) mass is 848 g/mol. The van der Waals surface area contributed by atoms with Crippen molar-refractivity contribution in [3.05, 3.63) is 243 Å². The van der Waals surface area contributed by atoms with Gasteiger partial charge in [0.2, 0.25) is 0 Å². The van der Waals surface area contributed by atoms with Crippen LogP contribution in [0.2, 0.25) is 0 Å². The van der Waals surface area contributed by atoms with E-state index in [2.05, 4.69) is 252 Å². The summed E-state index contributed by atoms with van der Waals surface area (Å²) in [5.74, 6) is 0. The standard InChI is InChI=1S/C60H40N2SSi/c1-4-18-41(19-5-1)42-34-36-43(37-35-42)61-52-28-13-10-24-47(52)49-27-16-31-55(60(49)61)62-53-29-14-11-26-50(53)59-54(62)30-17-33-58(59)64(44-20-6-2-7-21-44,45-22-8-3-9-23-45)46-38-39-57-51(40-46)48-25-12-15-32-56(48)63-57/h1-40H. The minimum atomic E-state index is -3.04. The molecule has 300 valence electrons. The van der Waals surface area contributed by atoms with Gasteiger partial charge in [-0.25, -0.2) is 0 Å². The summed E-state index contributed by atoms with van der Waals surface area (Å²) in [6.07, 6.45) is 0. The van der Waals surface area contributed by atoms with E-state index < -0.39 is 8.07 Å². The van der Waals surface area contributed by atoms with E-state index in [9.17, 15) is 0 Å². The topological polar surface area (TPSA) is 9.86 Å². The summed E-state index contributed by atoms with van der Waals surface area (Å²) in [5, 5.41) is 13.2. The number of aromatic nitrogens is 2.